The van der Waals surface area contributed by atoms with Gasteiger partial charge in [0.1, 0.15) is 16.2 Å². The second kappa shape index (κ2) is 8.12. The maximum Gasteiger partial charge on any atom is 0.234 e. The number of para-hydroxylation sites is 1. The summed E-state index contributed by atoms with van der Waals surface area (Å²) >= 11 is 3.11. The molecule has 1 amide bonds. The Morgan fingerprint density at radius 3 is 2.57 bits per heavy atom. The van der Waals surface area contributed by atoms with Gasteiger partial charge >= 0.3 is 0 Å². The topological polar surface area (TPSA) is 54.9 Å². The molecule has 0 unspecified atom stereocenters. The molecule has 2 aromatic carbocycles. The minimum Gasteiger partial charge on any atom is -0.325 e. The van der Waals surface area contributed by atoms with E-state index in [2.05, 4.69) is 34.3 Å². The van der Waals surface area contributed by atoms with Crippen LogP contribution in [0, 0.1) is 13.8 Å². The Kier molecular flexibility index (Phi) is 5.41. The molecule has 0 aliphatic rings. The number of carbonyl (C=O) groups excluding carboxylic acids is 1. The van der Waals surface area contributed by atoms with Gasteiger partial charge in [0, 0.05) is 16.1 Å². The first-order chi connectivity index (χ1) is 13.6. The zero-order chi connectivity index (χ0) is 19.5. The minimum atomic E-state index is -0.0423. The van der Waals surface area contributed by atoms with E-state index in [1.54, 1.807) is 17.7 Å². The van der Waals surface area contributed by atoms with Gasteiger partial charge in [-0.15, -0.1) is 11.3 Å². The Bertz CT molecular complexity index is 1140. The van der Waals surface area contributed by atoms with E-state index < -0.39 is 0 Å². The molecule has 4 aromatic rings. The molecule has 0 fully saturated rings. The third kappa shape index (κ3) is 3.79. The Hall–Kier alpha value is -2.70. The summed E-state index contributed by atoms with van der Waals surface area (Å²) < 4.78 is 0. The van der Waals surface area contributed by atoms with E-state index in [4.69, 9.17) is 0 Å². The van der Waals surface area contributed by atoms with Crippen molar-refractivity contribution in [3.05, 3.63) is 71.4 Å². The molecule has 28 heavy (non-hydrogen) atoms. The highest BCUT2D eigenvalue weighted by atomic mass is 32.2. The molecule has 2 aromatic heterocycles. The van der Waals surface area contributed by atoms with Gasteiger partial charge in [-0.2, -0.15) is 0 Å². The van der Waals surface area contributed by atoms with Gasteiger partial charge in [0.25, 0.3) is 0 Å². The van der Waals surface area contributed by atoms with Gasteiger partial charge in [0.05, 0.1) is 11.1 Å². The molecule has 0 atom stereocenters. The maximum absolute atomic E-state index is 12.5. The maximum atomic E-state index is 12.5. The third-order valence-corrected chi connectivity index (χ3v) is 6.45. The van der Waals surface area contributed by atoms with Crippen LogP contribution in [0.2, 0.25) is 0 Å². The van der Waals surface area contributed by atoms with Crippen molar-refractivity contribution in [3.63, 3.8) is 0 Å². The van der Waals surface area contributed by atoms with Crippen LogP contribution < -0.4 is 5.32 Å². The van der Waals surface area contributed by atoms with Crippen LogP contribution in [0.25, 0.3) is 21.3 Å². The van der Waals surface area contributed by atoms with Gasteiger partial charge in [-0.3, -0.25) is 4.79 Å². The summed E-state index contributed by atoms with van der Waals surface area (Å²) in [6.45, 7) is 4.09. The molecule has 2 heterocycles. The summed E-state index contributed by atoms with van der Waals surface area (Å²) in [4.78, 5) is 23.5. The number of nitrogens with one attached hydrogen (secondary N) is 1. The molecular weight excluding hydrogens is 386 g/mol. The highest BCUT2D eigenvalue weighted by Gasteiger charge is 2.17. The number of thiophene rings is 1. The van der Waals surface area contributed by atoms with Gasteiger partial charge in [0.15, 0.2) is 0 Å². The molecule has 0 spiro atoms. The number of anilines is 1. The largest absolute Gasteiger partial charge is 0.325 e. The highest BCUT2D eigenvalue weighted by Crippen LogP contribution is 2.41. The van der Waals surface area contributed by atoms with Crippen LogP contribution in [-0.4, -0.2) is 21.6 Å². The Morgan fingerprint density at radius 2 is 1.79 bits per heavy atom. The molecule has 6 heteroatoms. The molecule has 0 bridgehead atoms. The summed E-state index contributed by atoms with van der Waals surface area (Å²) in [6, 6.07) is 18.0. The van der Waals surface area contributed by atoms with Crippen LogP contribution >= 0.6 is 23.1 Å². The lowest BCUT2D eigenvalue weighted by Crippen LogP contribution is -2.14. The van der Waals surface area contributed by atoms with E-state index in [1.165, 1.54) is 16.6 Å². The molecule has 4 rings (SSSR count). The van der Waals surface area contributed by atoms with Crippen LogP contribution in [0.4, 0.5) is 5.69 Å². The number of amides is 1. The predicted octanol–water partition coefficient (Wildman–Crippen LogP) is 5.71. The number of nitrogens with zero attached hydrogens (tertiary/aromatic N) is 2. The van der Waals surface area contributed by atoms with Gasteiger partial charge in [0.2, 0.25) is 5.91 Å². The zero-order valence-corrected chi connectivity index (χ0v) is 17.2. The van der Waals surface area contributed by atoms with E-state index in [-0.39, 0.29) is 5.91 Å². The summed E-state index contributed by atoms with van der Waals surface area (Å²) in [6.07, 6.45) is 1.58. The molecule has 0 saturated heterocycles. The third-order valence-electron chi connectivity index (χ3n) is 4.45. The van der Waals surface area contributed by atoms with Crippen LogP contribution in [0.15, 0.2) is 66.0 Å². The molecule has 4 nitrogen and oxygen atoms in total. The molecule has 0 radical (unpaired) electrons. The second-order valence-corrected chi connectivity index (χ2v) is 8.58. The van der Waals surface area contributed by atoms with Crippen LogP contribution in [0.1, 0.15) is 10.4 Å². The predicted molar refractivity (Wildman–Crippen MR) is 118 cm³/mol. The lowest BCUT2D eigenvalue weighted by atomic mass is 10.0. The summed E-state index contributed by atoms with van der Waals surface area (Å²) in [5.74, 6) is 0.253. The van der Waals surface area contributed by atoms with Crippen molar-refractivity contribution in [3.8, 4) is 11.1 Å². The number of aromatic nitrogens is 2. The number of hydrogen-bond acceptors (Lipinski definition) is 5. The van der Waals surface area contributed by atoms with E-state index in [1.807, 2.05) is 49.4 Å². The normalized spacial score (nSPS) is 10.9. The van der Waals surface area contributed by atoms with Crippen molar-refractivity contribution >= 4 is 44.9 Å². The number of aryl methyl sites for hydroxylation is 2. The molecule has 0 aliphatic heterocycles. The van der Waals surface area contributed by atoms with Crippen molar-refractivity contribution in [1.82, 2.24) is 9.97 Å². The van der Waals surface area contributed by atoms with Gasteiger partial charge in [-0.1, -0.05) is 60.3 Å². The average molecular weight is 406 g/mol. The minimum absolute atomic E-state index is 0.0423. The van der Waals surface area contributed by atoms with Gasteiger partial charge in [-0.25, -0.2) is 9.97 Å². The lowest BCUT2D eigenvalue weighted by Gasteiger charge is -2.09. The SMILES string of the molecule is Cc1ccccc1NC(=O)CSc1ncnc2sc(C)c(-c3ccccc3)c12. The fourth-order valence-corrected chi connectivity index (χ4v) is 4.99. The summed E-state index contributed by atoms with van der Waals surface area (Å²) in [7, 11) is 0. The van der Waals surface area contributed by atoms with Gasteiger partial charge in [-0.05, 0) is 31.0 Å². The number of carbonyl (C=O) groups is 1. The number of hydrogen-bond donors (Lipinski definition) is 1. The van der Waals surface area contributed by atoms with Crippen LogP contribution in [0.3, 0.4) is 0 Å². The van der Waals surface area contributed by atoms with Crippen LogP contribution in [0.5, 0.6) is 0 Å². The number of rotatable bonds is 5. The van der Waals surface area contributed by atoms with Crippen molar-refractivity contribution in [2.75, 3.05) is 11.1 Å². The monoisotopic (exact) mass is 405 g/mol. The molecule has 0 aliphatic carbocycles. The fourth-order valence-electron chi connectivity index (χ4n) is 3.11. The number of fused-ring (bicyclic) bond motifs is 1. The lowest BCUT2D eigenvalue weighted by molar-refractivity contribution is -0.113. The first-order valence-electron chi connectivity index (χ1n) is 8.91. The van der Waals surface area contributed by atoms with Crippen molar-refractivity contribution in [1.29, 1.82) is 0 Å². The fraction of sp³-hybridized carbons (Fsp3) is 0.136. The van der Waals surface area contributed by atoms with Gasteiger partial charge < -0.3 is 5.32 Å². The Morgan fingerprint density at radius 1 is 1.04 bits per heavy atom. The summed E-state index contributed by atoms with van der Waals surface area (Å²) in [5, 5.41) is 4.85. The number of thioether (sulfide) groups is 1. The first kappa shape index (κ1) is 18.7. The summed E-state index contributed by atoms with van der Waals surface area (Å²) in [5.41, 5.74) is 4.19. The smallest absolute Gasteiger partial charge is 0.234 e. The van der Waals surface area contributed by atoms with E-state index >= 15 is 0 Å². The van der Waals surface area contributed by atoms with E-state index in [9.17, 15) is 4.79 Å². The van der Waals surface area contributed by atoms with Crippen LogP contribution in [-0.2, 0) is 4.79 Å². The Labute approximate surface area is 172 Å². The van der Waals surface area contributed by atoms with Crippen molar-refractivity contribution < 1.29 is 4.79 Å². The first-order valence-corrected chi connectivity index (χ1v) is 10.7. The van der Waals surface area contributed by atoms with Crippen molar-refractivity contribution in [2.24, 2.45) is 0 Å². The quantitative estimate of drug-likeness (QED) is 0.341. The Balaban J connectivity index is 1.61. The molecule has 1 N–H and O–H groups in total. The molecule has 0 saturated carbocycles. The average Bonchev–Trinajstić information content (AvgIpc) is 3.05. The second-order valence-electron chi connectivity index (χ2n) is 6.41. The van der Waals surface area contributed by atoms with E-state index in [0.717, 1.165) is 37.6 Å². The van der Waals surface area contributed by atoms with E-state index in [0.29, 0.717) is 5.75 Å². The molecular formula is C22H19N3OS2. The highest BCUT2D eigenvalue weighted by molar-refractivity contribution is 8.00. The zero-order valence-electron chi connectivity index (χ0n) is 15.6. The molecule has 140 valence electrons. The van der Waals surface area contributed by atoms with Crippen molar-refractivity contribution in [2.45, 2.75) is 18.9 Å². The standard InChI is InChI=1S/C22H19N3OS2/c1-14-8-6-7-11-17(14)25-18(26)12-27-21-20-19(16-9-4-3-5-10-16)15(2)28-22(20)24-13-23-21/h3-11,13H,12H2,1-2H3,(H,25,26). The number of benzene rings is 2.